The third-order valence-electron chi connectivity index (χ3n) is 3.81. The number of thioether (sulfide) groups is 1. The first kappa shape index (κ1) is 17.5. The third kappa shape index (κ3) is 3.64. The standard InChI is InChI=1S/C17H13ClN6O2S/c1-26-12-5-3-11(4-6-12)24-17(21-22-23-24)27-9-15-19-14-8-10(18)2-7-13(14)16(25)20-15/h2-8H,9H2,1H3,(H,19,20,25). The Labute approximate surface area is 162 Å². The van der Waals surface area contributed by atoms with E-state index in [1.165, 1.54) is 11.8 Å². The zero-order valence-corrected chi connectivity index (χ0v) is 15.7. The summed E-state index contributed by atoms with van der Waals surface area (Å²) in [6.07, 6.45) is 0. The lowest BCUT2D eigenvalue weighted by Crippen LogP contribution is -2.11. The summed E-state index contributed by atoms with van der Waals surface area (Å²) in [6, 6.07) is 12.4. The Morgan fingerprint density at radius 2 is 2.04 bits per heavy atom. The molecule has 0 aliphatic heterocycles. The predicted octanol–water partition coefficient (Wildman–Crippen LogP) is 2.85. The van der Waals surface area contributed by atoms with E-state index in [1.807, 2.05) is 24.3 Å². The minimum absolute atomic E-state index is 0.206. The Balaban J connectivity index is 1.58. The summed E-state index contributed by atoms with van der Waals surface area (Å²) in [5, 5.41) is 13.4. The average molecular weight is 401 g/mol. The summed E-state index contributed by atoms with van der Waals surface area (Å²) in [5.41, 5.74) is 1.15. The van der Waals surface area contributed by atoms with E-state index >= 15 is 0 Å². The van der Waals surface area contributed by atoms with E-state index in [0.29, 0.717) is 32.7 Å². The molecule has 0 bridgehead atoms. The number of fused-ring (bicyclic) bond motifs is 1. The van der Waals surface area contributed by atoms with E-state index in [-0.39, 0.29) is 5.56 Å². The van der Waals surface area contributed by atoms with Crippen molar-refractivity contribution in [1.29, 1.82) is 0 Å². The van der Waals surface area contributed by atoms with Crippen LogP contribution in [0, 0.1) is 0 Å². The van der Waals surface area contributed by atoms with Crippen LogP contribution in [-0.2, 0) is 5.75 Å². The van der Waals surface area contributed by atoms with Gasteiger partial charge in [-0.05, 0) is 52.9 Å². The minimum Gasteiger partial charge on any atom is -0.497 e. The maximum Gasteiger partial charge on any atom is 0.258 e. The topological polar surface area (TPSA) is 98.6 Å². The predicted molar refractivity (Wildman–Crippen MR) is 103 cm³/mol. The van der Waals surface area contributed by atoms with Gasteiger partial charge < -0.3 is 9.72 Å². The van der Waals surface area contributed by atoms with Crippen LogP contribution in [0.4, 0.5) is 0 Å². The Morgan fingerprint density at radius 3 is 2.81 bits per heavy atom. The van der Waals surface area contributed by atoms with Gasteiger partial charge >= 0.3 is 0 Å². The Bertz CT molecular complexity index is 1160. The van der Waals surface area contributed by atoms with E-state index in [4.69, 9.17) is 16.3 Å². The molecule has 136 valence electrons. The second-order valence-corrected chi connectivity index (χ2v) is 6.91. The van der Waals surface area contributed by atoms with Gasteiger partial charge in [-0.15, -0.1) is 5.10 Å². The van der Waals surface area contributed by atoms with Crippen LogP contribution in [0.3, 0.4) is 0 Å². The number of hydrogen-bond acceptors (Lipinski definition) is 7. The highest BCUT2D eigenvalue weighted by Crippen LogP contribution is 2.23. The minimum atomic E-state index is -0.206. The lowest BCUT2D eigenvalue weighted by molar-refractivity contribution is 0.414. The highest BCUT2D eigenvalue weighted by atomic mass is 35.5. The van der Waals surface area contributed by atoms with Gasteiger partial charge in [-0.3, -0.25) is 4.79 Å². The molecule has 4 aromatic rings. The number of nitrogens with zero attached hydrogens (tertiary/aromatic N) is 5. The van der Waals surface area contributed by atoms with Crippen molar-refractivity contribution in [3.8, 4) is 11.4 Å². The van der Waals surface area contributed by atoms with Crippen molar-refractivity contribution in [2.45, 2.75) is 10.9 Å². The molecule has 0 saturated carbocycles. The zero-order chi connectivity index (χ0) is 18.8. The van der Waals surface area contributed by atoms with Crippen LogP contribution in [0.5, 0.6) is 5.75 Å². The number of aromatic nitrogens is 6. The zero-order valence-electron chi connectivity index (χ0n) is 14.1. The summed E-state index contributed by atoms with van der Waals surface area (Å²) >= 11 is 7.36. The van der Waals surface area contributed by atoms with Crippen molar-refractivity contribution in [2.24, 2.45) is 0 Å². The Morgan fingerprint density at radius 1 is 1.22 bits per heavy atom. The van der Waals surface area contributed by atoms with Crippen LogP contribution in [0.2, 0.25) is 5.02 Å². The van der Waals surface area contributed by atoms with Crippen LogP contribution >= 0.6 is 23.4 Å². The molecule has 0 unspecified atom stereocenters. The lowest BCUT2D eigenvalue weighted by Gasteiger charge is -2.06. The highest BCUT2D eigenvalue weighted by Gasteiger charge is 2.11. The van der Waals surface area contributed by atoms with Crippen LogP contribution in [0.1, 0.15) is 5.82 Å². The number of benzene rings is 2. The SMILES string of the molecule is COc1ccc(-n2nnnc2SCc2nc3cc(Cl)ccc3c(=O)[nH]2)cc1. The molecule has 27 heavy (non-hydrogen) atoms. The number of methoxy groups -OCH3 is 1. The molecule has 1 N–H and O–H groups in total. The molecule has 0 saturated heterocycles. The van der Waals surface area contributed by atoms with E-state index in [0.717, 1.165) is 11.4 Å². The second kappa shape index (κ2) is 7.37. The van der Waals surface area contributed by atoms with Gasteiger partial charge in [-0.1, -0.05) is 23.4 Å². The smallest absolute Gasteiger partial charge is 0.258 e. The van der Waals surface area contributed by atoms with Crippen molar-refractivity contribution < 1.29 is 4.74 Å². The molecule has 0 atom stereocenters. The van der Waals surface area contributed by atoms with Gasteiger partial charge in [0.15, 0.2) is 0 Å². The molecule has 10 heteroatoms. The first-order valence-electron chi connectivity index (χ1n) is 7.88. The van der Waals surface area contributed by atoms with E-state index in [9.17, 15) is 4.79 Å². The summed E-state index contributed by atoms with van der Waals surface area (Å²) in [7, 11) is 1.61. The molecule has 0 amide bonds. The van der Waals surface area contributed by atoms with Gasteiger partial charge in [0, 0.05) is 5.02 Å². The molecular formula is C17H13ClN6O2S. The van der Waals surface area contributed by atoms with Crippen molar-refractivity contribution in [3.05, 3.63) is 63.7 Å². The molecule has 4 rings (SSSR count). The number of halogens is 1. The fourth-order valence-corrected chi connectivity index (χ4v) is 3.44. The monoisotopic (exact) mass is 400 g/mol. The van der Waals surface area contributed by atoms with Crippen LogP contribution < -0.4 is 10.3 Å². The fraction of sp³-hybridized carbons (Fsp3) is 0.118. The van der Waals surface area contributed by atoms with Crippen LogP contribution in [0.15, 0.2) is 52.4 Å². The largest absolute Gasteiger partial charge is 0.497 e. The third-order valence-corrected chi connectivity index (χ3v) is 4.98. The molecule has 2 heterocycles. The molecule has 0 fully saturated rings. The van der Waals surface area contributed by atoms with Gasteiger partial charge in [0.1, 0.15) is 11.6 Å². The van der Waals surface area contributed by atoms with Gasteiger partial charge in [0.25, 0.3) is 5.56 Å². The summed E-state index contributed by atoms with van der Waals surface area (Å²) in [5.74, 6) is 1.66. The Kier molecular flexibility index (Phi) is 4.78. The van der Waals surface area contributed by atoms with Crippen LogP contribution in [0.25, 0.3) is 16.6 Å². The quantitative estimate of drug-likeness (QED) is 0.514. The normalized spacial score (nSPS) is 11.0. The first-order chi connectivity index (χ1) is 13.1. The molecule has 2 aromatic carbocycles. The molecular weight excluding hydrogens is 388 g/mol. The molecule has 0 aliphatic carbocycles. The van der Waals surface area contributed by atoms with Crippen molar-refractivity contribution in [2.75, 3.05) is 7.11 Å². The maximum absolute atomic E-state index is 12.2. The number of hydrogen-bond donors (Lipinski definition) is 1. The number of ether oxygens (including phenoxy) is 1. The van der Waals surface area contributed by atoms with Crippen molar-refractivity contribution in [3.63, 3.8) is 0 Å². The van der Waals surface area contributed by atoms with Gasteiger partial charge in [-0.25, -0.2) is 4.98 Å². The van der Waals surface area contributed by atoms with Gasteiger partial charge in [0.05, 0.1) is 29.5 Å². The maximum atomic E-state index is 12.2. The van der Waals surface area contributed by atoms with E-state index in [1.54, 1.807) is 30.0 Å². The highest BCUT2D eigenvalue weighted by molar-refractivity contribution is 7.98. The van der Waals surface area contributed by atoms with Crippen LogP contribution in [-0.4, -0.2) is 37.3 Å². The summed E-state index contributed by atoms with van der Waals surface area (Å²) in [4.78, 5) is 19.5. The molecule has 8 nitrogen and oxygen atoms in total. The van der Waals surface area contributed by atoms with E-state index in [2.05, 4.69) is 25.5 Å². The summed E-state index contributed by atoms with van der Waals surface area (Å²) in [6.45, 7) is 0. The summed E-state index contributed by atoms with van der Waals surface area (Å²) < 4.78 is 6.77. The average Bonchev–Trinajstić information content (AvgIpc) is 3.14. The molecule has 0 spiro atoms. The number of nitrogens with one attached hydrogen (secondary N) is 1. The molecule has 0 radical (unpaired) electrons. The van der Waals surface area contributed by atoms with E-state index < -0.39 is 0 Å². The molecule has 2 aromatic heterocycles. The number of H-pyrrole nitrogens is 1. The second-order valence-electron chi connectivity index (χ2n) is 5.53. The lowest BCUT2D eigenvalue weighted by atomic mass is 10.2. The number of tetrazole rings is 1. The molecule has 0 aliphatic rings. The van der Waals surface area contributed by atoms with Crippen molar-refractivity contribution >= 4 is 34.3 Å². The Hall–Kier alpha value is -2.91. The first-order valence-corrected chi connectivity index (χ1v) is 9.24. The fourth-order valence-electron chi connectivity index (χ4n) is 2.52. The van der Waals surface area contributed by atoms with Crippen molar-refractivity contribution in [1.82, 2.24) is 30.2 Å². The number of aromatic amines is 1. The van der Waals surface area contributed by atoms with Gasteiger partial charge in [-0.2, -0.15) is 4.68 Å². The van der Waals surface area contributed by atoms with Gasteiger partial charge in [0.2, 0.25) is 5.16 Å². The number of rotatable bonds is 5.